The lowest BCUT2D eigenvalue weighted by Crippen LogP contribution is -2.29. The molecule has 1 aromatic heterocycles. The predicted molar refractivity (Wildman–Crippen MR) is 77.8 cm³/mol. The highest BCUT2D eigenvalue weighted by molar-refractivity contribution is 6.55. The molecule has 0 saturated carbocycles. The smallest absolute Gasteiger partial charge is 0.299 e. The third-order valence-corrected chi connectivity index (χ3v) is 3.65. The molecule has 5 nitrogen and oxygen atoms in total. The minimum absolute atomic E-state index is 0.204. The molecule has 0 atom stereocenters. The summed E-state index contributed by atoms with van der Waals surface area (Å²) in [7, 11) is 1.49. The summed E-state index contributed by atoms with van der Waals surface area (Å²) in [6.07, 6.45) is 3.27. The molecule has 0 spiro atoms. The van der Waals surface area contributed by atoms with E-state index in [0.29, 0.717) is 11.4 Å². The van der Waals surface area contributed by atoms with E-state index in [0.717, 1.165) is 5.56 Å². The SMILES string of the molecule is COc1ccc(Cl)c2c1N(Cc1ccncc1)C(=O)C2=O. The van der Waals surface area contributed by atoms with Gasteiger partial charge in [0.25, 0.3) is 11.7 Å². The number of amides is 1. The van der Waals surface area contributed by atoms with Crippen molar-refractivity contribution in [3.8, 4) is 5.75 Å². The van der Waals surface area contributed by atoms with Crippen LogP contribution in [0.4, 0.5) is 5.69 Å². The molecule has 21 heavy (non-hydrogen) atoms. The second-order valence-electron chi connectivity index (χ2n) is 4.55. The number of ether oxygens (including phenoxy) is 1. The lowest BCUT2D eigenvalue weighted by molar-refractivity contribution is -0.114. The number of benzene rings is 1. The first kappa shape index (κ1) is 13.6. The zero-order valence-corrected chi connectivity index (χ0v) is 11.9. The Hall–Kier alpha value is -2.40. The van der Waals surface area contributed by atoms with Gasteiger partial charge in [-0.25, -0.2) is 0 Å². The molecule has 1 amide bonds. The maximum absolute atomic E-state index is 12.2. The summed E-state index contributed by atoms with van der Waals surface area (Å²) in [5.41, 5.74) is 1.49. The molecular formula is C15H11ClN2O3. The summed E-state index contributed by atoms with van der Waals surface area (Å²) in [5, 5.41) is 0.251. The van der Waals surface area contributed by atoms with E-state index in [1.807, 2.05) is 0 Å². The molecule has 3 rings (SSSR count). The largest absolute Gasteiger partial charge is 0.495 e. The van der Waals surface area contributed by atoms with Crippen LogP contribution in [0.3, 0.4) is 0 Å². The highest BCUT2D eigenvalue weighted by Crippen LogP contribution is 2.42. The fourth-order valence-corrected chi connectivity index (χ4v) is 2.59. The van der Waals surface area contributed by atoms with Crippen LogP contribution in [0.2, 0.25) is 5.02 Å². The maximum atomic E-state index is 12.2. The van der Waals surface area contributed by atoms with Gasteiger partial charge in [0, 0.05) is 12.4 Å². The average Bonchev–Trinajstić information content (AvgIpc) is 2.75. The maximum Gasteiger partial charge on any atom is 0.299 e. The number of hydrogen-bond donors (Lipinski definition) is 0. The highest BCUT2D eigenvalue weighted by atomic mass is 35.5. The van der Waals surface area contributed by atoms with Crippen molar-refractivity contribution in [3.05, 3.63) is 52.8 Å². The number of Topliss-reactive ketones (excluding diaryl/α,β-unsaturated/α-hetero) is 1. The van der Waals surface area contributed by atoms with E-state index >= 15 is 0 Å². The van der Waals surface area contributed by atoms with Crippen LogP contribution in [-0.4, -0.2) is 23.8 Å². The van der Waals surface area contributed by atoms with E-state index < -0.39 is 11.7 Å². The first-order valence-corrected chi connectivity index (χ1v) is 6.63. The van der Waals surface area contributed by atoms with E-state index in [1.54, 1.807) is 36.7 Å². The van der Waals surface area contributed by atoms with Crippen molar-refractivity contribution >= 4 is 29.0 Å². The van der Waals surface area contributed by atoms with Gasteiger partial charge < -0.3 is 4.74 Å². The molecule has 0 aliphatic carbocycles. The van der Waals surface area contributed by atoms with Crippen LogP contribution in [0.15, 0.2) is 36.7 Å². The number of rotatable bonds is 3. The number of hydrogen-bond acceptors (Lipinski definition) is 4. The second kappa shape index (κ2) is 5.18. The molecule has 0 unspecified atom stereocenters. The van der Waals surface area contributed by atoms with Gasteiger partial charge in [0.05, 0.1) is 29.9 Å². The molecule has 0 fully saturated rings. The molecule has 2 aromatic rings. The quantitative estimate of drug-likeness (QED) is 0.817. The number of fused-ring (bicyclic) bond motifs is 1. The van der Waals surface area contributed by atoms with Gasteiger partial charge in [-0.15, -0.1) is 0 Å². The summed E-state index contributed by atoms with van der Waals surface area (Å²) in [5.74, 6) is -0.765. The summed E-state index contributed by atoms with van der Waals surface area (Å²) < 4.78 is 5.26. The number of carbonyl (C=O) groups excluding carboxylic acids is 2. The number of nitrogens with zero attached hydrogens (tertiary/aromatic N) is 2. The average molecular weight is 303 g/mol. The van der Waals surface area contributed by atoms with E-state index in [-0.39, 0.29) is 17.1 Å². The monoisotopic (exact) mass is 302 g/mol. The lowest BCUT2D eigenvalue weighted by atomic mass is 10.1. The fourth-order valence-electron chi connectivity index (χ4n) is 2.35. The number of pyridine rings is 1. The van der Waals surface area contributed by atoms with E-state index in [9.17, 15) is 9.59 Å². The van der Waals surface area contributed by atoms with Crippen molar-refractivity contribution in [2.24, 2.45) is 0 Å². The molecule has 0 bridgehead atoms. The number of carbonyl (C=O) groups is 2. The van der Waals surface area contributed by atoms with Crippen LogP contribution in [-0.2, 0) is 11.3 Å². The molecule has 0 N–H and O–H groups in total. The van der Waals surface area contributed by atoms with Gasteiger partial charge in [0.15, 0.2) is 0 Å². The van der Waals surface area contributed by atoms with Crippen molar-refractivity contribution in [3.63, 3.8) is 0 Å². The fraction of sp³-hybridized carbons (Fsp3) is 0.133. The van der Waals surface area contributed by atoms with Crippen LogP contribution in [0.5, 0.6) is 5.75 Å². The molecule has 106 valence electrons. The van der Waals surface area contributed by atoms with Crippen molar-refractivity contribution in [2.75, 3.05) is 12.0 Å². The summed E-state index contributed by atoms with van der Waals surface area (Å²) in [6, 6.07) is 6.77. The van der Waals surface area contributed by atoms with E-state index in [2.05, 4.69) is 4.98 Å². The Morgan fingerprint density at radius 3 is 2.57 bits per heavy atom. The number of anilines is 1. The Morgan fingerprint density at radius 2 is 1.90 bits per heavy atom. The van der Waals surface area contributed by atoms with E-state index in [1.165, 1.54) is 12.0 Å². The van der Waals surface area contributed by atoms with Crippen molar-refractivity contribution in [1.82, 2.24) is 4.98 Å². The van der Waals surface area contributed by atoms with Gasteiger partial charge in [-0.3, -0.25) is 19.5 Å². The third kappa shape index (κ3) is 2.15. The number of ketones is 1. The molecule has 0 radical (unpaired) electrons. The third-order valence-electron chi connectivity index (χ3n) is 3.34. The summed E-state index contributed by atoms with van der Waals surface area (Å²) in [4.78, 5) is 29.7. The van der Waals surface area contributed by atoms with Gasteiger partial charge in [-0.1, -0.05) is 11.6 Å². The van der Waals surface area contributed by atoms with Crippen LogP contribution in [0.25, 0.3) is 0 Å². The molecular weight excluding hydrogens is 292 g/mol. The standard InChI is InChI=1S/C15H11ClN2O3/c1-21-11-3-2-10(16)12-13(11)18(15(20)14(12)19)8-9-4-6-17-7-5-9/h2-7H,8H2,1H3. The normalized spacial score (nSPS) is 13.5. The Bertz CT molecular complexity index is 731. The number of methoxy groups -OCH3 is 1. The molecule has 2 heterocycles. The van der Waals surface area contributed by atoms with Gasteiger partial charge >= 0.3 is 0 Å². The van der Waals surface area contributed by atoms with Crippen molar-refractivity contribution in [2.45, 2.75) is 6.54 Å². The van der Waals surface area contributed by atoms with Crippen molar-refractivity contribution < 1.29 is 14.3 Å². The Balaban J connectivity index is 2.11. The van der Waals surface area contributed by atoms with Gasteiger partial charge in [0.2, 0.25) is 0 Å². The highest BCUT2D eigenvalue weighted by Gasteiger charge is 2.40. The molecule has 1 aromatic carbocycles. The van der Waals surface area contributed by atoms with Crippen LogP contribution in [0, 0.1) is 0 Å². The zero-order chi connectivity index (χ0) is 15.0. The molecule has 1 aliphatic rings. The van der Waals surface area contributed by atoms with Crippen LogP contribution >= 0.6 is 11.6 Å². The minimum Gasteiger partial charge on any atom is -0.495 e. The van der Waals surface area contributed by atoms with Gasteiger partial charge in [0.1, 0.15) is 5.75 Å². The molecule has 1 aliphatic heterocycles. The second-order valence-corrected chi connectivity index (χ2v) is 4.96. The zero-order valence-electron chi connectivity index (χ0n) is 11.2. The Morgan fingerprint density at radius 1 is 1.19 bits per heavy atom. The molecule has 0 saturated heterocycles. The topological polar surface area (TPSA) is 59.5 Å². The first-order valence-electron chi connectivity index (χ1n) is 6.25. The Kier molecular flexibility index (Phi) is 3.35. The van der Waals surface area contributed by atoms with Crippen molar-refractivity contribution in [1.29, 1.82) is 0 Å². The lowest BCUT2D eigenvalue weighted by Gasteiger charge is -2.19. The number of aromatic nitrogens is 1. The van der Waals surface area contributed by atoms with E-state index in [4.69, 9.17) is 16.3 Å². The van der Waals surface area contributed by atoms with Gasteiger partial charge in [-0.2, -0.15) is 0 Å². The van der Waals surface area contributed by atoms with Gasteiger partial charge in [-0.05, 0) is 29.8 Å². The molecule has 6 heteroatoms. The number of halogens is 1. The first-order chi connectivity index (χ1) is 10.1. The van der Waals surface area contributed by atoms with Crippen LogP contribution in [0.1, 0.15) is 15.9 Å². The summed E-state index contributed by atoms with van der Waals surface area (Å²) in [6.45, 7) is 0.261. The predicted octanol–water partition coefficient (Wildman–Crippen LogP) is 2.47. The van der Waals surface area contributed by atoms with Crippen LogP contribution < -0.4 is 9.64 Å². The minimum atomic E-state index is -0.608. The summed E-state index contributed by atoms with van der Waals surface area (Å²) >= 11 is 6.06. The Labute approximate surface area is 126 Å².